The Hall–Kier alpha value is -2.81. The van der Waals surface area contributed by atoms with Crippen molar-refractivity contribution in [1.82, 2.24) is 10.2 Å². The Kier molecular flexibility index (Phi) is 6.45. The van der Waals surface area contributed by atoms with Crippen molar-refractivity contribution in [2.24, 2.45) is 5.92 Å². The fraction of sp³-hybridized carbons (Fsp3) is 0.455. The fourth-order valence-corrected chi connectivity index (χ4v) is 4.27. The second kappa shape index (κ2) is 8.74. The maximum Gasteiger partial charge on any atom is 0.490 e. The minimum absolute atomic E-state index is 0.0628. The van der Waals surface area contributed by atoms with Crippen LogP contribution in [-0.4, -0.2) is 47.2 Å². The molecule has 168 valence electrons. The van der Waals surface area contributed by atoms with Gasteiger partial charge in [0.25, 0.3) is 5.91 Å². The molecule has 31 heavy (non-hydrogen) atoms. The summed E-state index contributed by atoms with van der Waals surface area (Å²) in [6.45, 7) is 8.44. The van der Waals surface area contributed by atoms with E-state index < -0.39 is 12.1 Å². The number of carboxylic acid groups (broad SMARTS) is 1. The summed E-state index contributed by atoms with van der Waals surface area (Å²) in [6, 6.07) is 12.7. The lowest BCUT2D eigenvalue weighted by Crippen LogP contribution is -2.35. The molecule has 4 rings (SSSR count). The second-order valence-electron chi connectivity index (χ2n) is 8.11. The first-order valence-corrected chi connectivity index (χ1v) is 9.99. The van der Waals surface area contributed by atoms with E-state index in [4.69, 9.17) is 14.3 Å². The highest BCUT2D eigenvalue weighted by atomic mass is 19.4. The van der Waals surface area contributed by atoms with Gasteiger partial charge in [0.15, 0.2) is 5.76 Å². The molecule has 0 spiro atoms. The fourth-order valence-electron chi connectivity index (χ4n) is 4.27. The molecule has 0 radical (unpaired) electrons. The monoisotopic (exact) mass is 438 g/mol. The SMILES string of the molecule is Cc1ccc(C(=O)N[C@@H]2c3ccccc3[C@@H]3CN(C(C)C)C[C@H]23)o1.O=C(O)C(F)(F)F. The van der Waals surface area contributed by atoms with E-state index in [0.717, 1.165) is 18.8 Å². The molecule has 2 aliphatic rings. The van der Waals surface area contributed by atoms with E-state index in [2.05, 4.69) is 48.3 Å². The number of furan rings is 1. The zero-order valence-electron chi connectivity index (χ0n) is 17.4. The normalized spacial score (nSPS) is 22.5. The topological polar surface area (TPSA) is 82.8 Å². The molecule has 2 heterocycles. The van der Waals surface area contributed by atoms with Crippen molar-refractivity contribution in [3.8, 4) is 0 Å². The smallest absolute Gasteiger partial charge is 0.475 e. The number of likely N-dealkylation sites (tertiary alicyclic amines) is 1. The number of halogens is 3. The number of carboxylic acids is 1. The van der Waals surface area contributed by atoms with E-state index >= 15 is 0 Å². The molecule has 0 saturated carbocycles. The molecule has 1 aromatic heterocycles. The number of fused-ring (bicyclic) bond motifs is 3. The maximum atomic E-state index is 12.6. The van der Waals surface area contributed by atoms with Crippen LogP contribution >= 0.6 is 0 Å². The van der Waals surface area contributed by atoms with Crippen molar-refractivity contribution in [2.45, 2.75) is 44.9 Å². The molecule has 2 N–H and O–H groups in total. The molecular weight excluding hydrogens is 413 g/mol. The number of carbonyl (C=O) groups is 2. The van der Waals surface area contributed by atoms with Crippen LogP contribution in [0, 0.1) is 12.8 Å². The van der Waals surface area contributed by atoms with E-state index in [9.17, 15) is 18.0 Å². The first-order chi connectivity index (χ1) is 14.5. The Morgan fingerprint density at radius 3 is 2.26 bits per heavy atom. The number of rotatable bonds is 3. The van der Waals surface area contributed by atoms with Crippen LogP contribution < -0.4 is 5.32 Å². The standard InChI is InChI=1S/C20H24N2O2.C2HF3O2/c1-12(2)22-10-16-14-6-4-5-7-15(14)19(17(16)11-22)21-20(23)18-9-8-13(3)24-18;3-2(4,5)1(6)7/h4-9,12,16-17,19H,10-11H2,1-3H3,(H,21,23);(H,6,7)/t16-,17-,19+;/m0./s1. The minimum Gasteiger partial charge on any atom is -0.475 e. The molecule has 0 unspecified atom stereocenters. The lowest BCUT2D eigenvalue weighted by atomic mass is 9.94. The summed E-state index contributed by atoms with van der Waals surface area (Å²) in [7, 11) is 0. The number of aryl methyl sites for hydroxylation is 1. The maximum absolute atomic E-state index is 12.6. The summed E-state index contributed by atoms with van der Waals surface area (Å²) in [6.07, 6.45) is -5.08. The van der Waals surface area contributed by atoms with Gasteiger partial charge < -0.3 is 14.8 Å². The van der Waals surface area contributed by atoms with Gasteiger partial charge in [0.05, 0.1) is 6.04 Å². The molecule has 1 aromatic carbocycles. The van der Waals surface area contributed by atoms with Crippen molar-refractivity contribution < 1.29 is 32.3 Å². The molecule has 2 aromatic rings. The molecule has 3 atom stereocenters. The van der Waals surface area contributed by atoms with Gasteiger partial charge in [0, 0.05) is 31.0 Å². The van der Waals surface area contributed by atoms with Gasteiger partial charge in [0.2, 0.25) is 0 Å². The third kappa shape index (κ3) is 4.92. The van der Waals surface area contributed by atoms with Gasteiger partial charge in [-0.05, 0) is 44.0 Å². The quantitative estimate of drug-likeness (QED) is 0.753. The molecule has 1 saturated heterocycles. The summed E-state index contributed by atoms with van der Waals surface area (Å²) >= 11 is 0. The van der Waals surface area contributed by atoms with E-state index in [1.807, 2.05) is 13.0 Å². The summed E-state index contributed by atoms with van der Waals surface area (Å²) in [5.74, 6) is -0.778. The molecule has 1 fully saturated rings. The lowest BCUT2D eigenvalue weighted by molar-refractivity contribution is -0.192. The Morgan fingerprint density at radius 1 is 1.13 bits per heavy atom. The molecule has 6 nitrogen and oxygen atoms in total. The van der Waals surface area contributed by atoms with Gasteiger partial charge >= 0.3 is 12.1 Å². The Bertz CT molecular complexity index is 954. The first-order valence-electron chi connectivity index (χ1n) is 9.99. The minimum atomic E-state index is -5.08. The third-order valence-corrected chi connectivity index (χ3v) is 5.78. The van der Waals surface area contributed by atoms with Crippen LogP contribution in [-0.2, 0) is 4.79 Å². The van der Waals surface area contributed by atoms with Gasteiger partial charge in [-0.1, -0.05) is 24.3 Å². The Labute approximate surface area is 178 Å². The number of amides is 1. The van der Waals surface area contributed by atoms with Crippen LogP contribution in [0.1, 0.15) is 53.2 Å². The summed E-state index contributed by atoms with van der Waals surface area (Å²) < 4.78 is 37.2. The number of nitrogens with zero attached hydrogens (tertiary/aromatic N) is 1. The largest absolute Gasteiger partial charge is 0.490 e. The number of aliphatic carboxylic acids is 1. The Balaban J connectivity index is 0.000000339. The van der Waals surface area contributed by atoms with E-state index in [0.29, 0.717) is 23.6 Å². The predicted octanol–water partition coefficient (Wildman–Crippen LogP) is 4.13. The first kappa shape index (κ1) is 22.9. The third-order valence-electron chi connectivity index (χ3n) is 5.78. The van der Waals surface area contributed by atoms with Crippen molar-refractivity contribution in [2.75, 3.05) is 13.1 Å². The summed E-state index contributed by atoms with van der Waals surface area (Å²) in [5.41, 5.74) is 2.67. The van der Waals surface area contributed by atoms with Crippen LogP contribution in [0.2, 0.25) is 0 Å². The van der Waals surface area contributed by atoms with Gasteiger partial charge in [-0.15, -0.1) is 0 Å². The van der Waals surface area contributed by atoms with Crippen molar-refractivity contribution in [3.05, 3.63) is 59.0 Å². The van der Waals surface area contributed by atoms with Crippen molar-refractivity contribution in [3.63, 3.8) is 0 Å². The number of nitrogens with one attached hydrogen (secondary N) is 1. The van der Waals surface area contributed by atoms with Gasteiger partial charge in [-0.25, -0.2) is 4.79 Å². The Morgan fingerprint density at radius 2 is 1.74 bits per heavy atom. The number of hydrogen-bond donors (Lipinski definition) is 2. The highest BCUT2D eigenvalue weighted by Crippen LogP contribution is 2.49. The van der Waals surface area contributed by atoms with Gasteiger partial charge in [-0.3, -0.25) is 9.69 Å². The van der Waals surface area contributed by atoms with Crippen molar-refractivity contribution in [1.29, 1.82) is 0 Å². The zero-order valence-corrected chi connectivity index (χ0v) is 17.4. The highest BCUT2D eigenvalue weighted by molar-refractivity contribution is 5.92. The van der Waals surface area contributed by atoms with E-state index in [1.165, 1.54) is 11.1 Å². The number of alkyl halides is 3. The number of hydrogen-bond acceptors (Lipinski definition) is 4. The second-order valence-corrected chi connectivity index (χ2v) is 8.11. The van der Waals surface area contributed by atoms with Crippen LogP contribution in [0.3, 0.4) is 0 Å². The predicted molar refractivity (Wildman–Crippen MR) is 107 cm³/mol. The molecular formula is C22H25F3N2O4. The van der Waals surface area contributed by atoms with Crippen LogP contribution in [0.15, 0.2) is 40.8 Å². The van der Waals surface area contributed by atoms with Crippen LogP contribution in [0.25, 0.3) is 0 Å². The van der Waals surface area contributed by atoms with E-state index in [-0.39, 0.29) is 11.9 Å². The number of benzene rings is 1. The molecule has 1 amide bonds. The average Bonchev–Trinajstić information content (AvgIpc) is 3.37. The van der Waals surface area contributed by atoms with Gasteiger partial charge in [0.1, 0.15) is 5.76 Å². The summed E-state index contributed by atoms with van der Waals surface area (Å²) in [5, 5.41) is 10.4. The molecule has 1 aliphatic heterocycles. The lowest BCUT2D eigenvalue weighted by Gasteiger charge is -2.24. The van der Waals surface area contributed by atoms with Crippen molar-refractivity contribution >= 4 is 11.9 Å². The van der Waals surface area contributed by atoms with Crippen LogP contribution in [0.4, 0.5) is 13.2 Å². The summed E-state index contributed by atoms with van der Waals surface area (Å²) in [4.78, 5) is 24.0. The average molecular weight is 438 g/mol. The highest BCUT2D eigenvalue weighted by Gasteiger charge is 2.47. The molecule has 9 heteroatoms. The van der Waals surface area contributed by atoms with Gasteiger partial charge in [-0.2, -0.15) is 13.2 Å². The molecule has 0 bridgehead atoms. The number of carbonyl (C=O) groups excluding carboxylic acids is 1. The van der Waals surface area contributed by atoms with Crippen LogP contribution in [0.5, 0.6) is 0 Å². The zero-order chi connectivity index (χ0) is 22.9. The molecule has 1 aliphatic carbocycles. The van der Waals surface area contributed by atoms with E-state index in [1.54, 1.807) is 6.07 Å².